The van der Waals surface area contributed by atoms with Crippen LogP contribution in [0, 0.1) is 6.92 Å². The van der Waals surface area contributed by atoms with Crippen LogP contribution in [0.1, 0.15) is 45.9 Å². The zero-order valence-electron chi connectivity index (χ0n) is 12.2. The normalized spacial score (nSPS) is 15.8. The highest BCUT2D eigenvalue weighted by Gasteiger charge is 2.37. The molecule has 2 aromatic rings. The van der Waals surface area contributed by atoms with Gasteiger partial charge >= 0.3 is 0 Å². The van der Waals surface area contributed by atoms with E-state index in [1.54, 1.807) is 11.3 Å². The van der Waals surface area contributed by atoms with Gasteiger partial charge in [0.2, 0.25) is 0 Å². The van der Waals surface area contributed by atoms with Crippen LogP contribution in [0.2, 0.25) is 5.02 Å². The van der Waals surface area contributed by atoms with E-state index in [0.29, 0.717) is 6.04 Å². The van der Waals surface area contributed by atoms with E-state index in [0.717, 1.165) is 28.3 Å². The monoisotopic (exact) mass is 319 g/mol. The molecule has 1 aromatic heterocycles. The van der Waals surface area contributed by atoms with E-state index < -0.39 is 0 Å². The maximum Gasteiger partial charge on any atom is 0.264 e. The number of amides is 1. The van der Waals surface area contributed by atoms with Gasteiger partial charge in [-0.25, -0.2) is 0 Å². The molecule has 1 aromatic carbocycles. The van der Waals surface area contributed by atoms with Gasteiger partial charge in [-0.2, -0.15) is 0 Å². The maximum atomic E-state index is 12.8. The highest BCUT2D eigenvalue weighted by atomic mass is 35.5. The fourth-order valence-electron chi connectivity index (χ4n) is 2.59. The van der Waals surface area contributed by atoms with Crippen molar-refractivity contribution in [3.05, 3.63) is 56.7 Å². The molecule has 1 saturated carbocycles. The Morgan fingerprint density at radius 2 is 1.90 bits per heavy atom. The van der Waals surface area contributed by atoms with Gasteiger partial charge in [0.05, 0.1) is 10.9 Å². The SMILES string of the molecule is Cc1ccc(C(=O)N(C2CC2)[C@@H](C)c2ccc(Cl)cc2)s1. The number of halogens is 1. The molecule has 110 valence electrons. The van der Waals surface area contributed by atoms with Crippen LogP contribution in [0.4, 0.5) is 0 Å². The Kier molecular flexibility index (Phi) is 4.05. The summed E-state index contributed by atoms with van der Waals surface area (Å²) >= 11 is 7.53. The highest BCUT2D eigenvalue weighted by Crippen LogP contribution is 2.36. The number of hydrogen-bond acceptors (Lipinski definition) is 2. The highest BCUT2D eigenvalue weighted by molar-refractivity contribution is 7.13. The third kappa shape index (κ3) is 3.14. The predicted molar refractivity (Wildman–Crippen MR) is 88.1 cm³/mol. The first-order valence-corrected chi connectivity index (χ1v) is 8.40. The zero-order valence-corrected chi connectivity index (χ0v) is 13.7. The molecule has 3 rings (SSSR count). The van der Waals surface area contributed by atoms with Crippen molar-refractivity contribution >= 4 is 28.8 Å². The molecule has 0 spiro atoms. The summed E-state index contributed by atoms with van der Waals surface area (Å²) < 4.78 is 0. The van der Waals surface area contributed by atoms with Crippen LogP contribution in [0.5, 0.6) is 0 Å². The molecule has 2 nitrogen and oxygen atoms in total. The van der Waals surface area contributed by atoms with E-state index in [1.807, 2.05) is 48.2 Å². The van der Waals surface area contributed by atoms with Gasteiger partial charge in [0, 0.05) is 15.9 Å². The molecule has 1 aliphatic carbocycles. The average molecular weight is 320 g/mol. The number of benzene rings is 1. The van der Waals surface area contributed by atoms with Gasteiger partial charge in [0.1, 0.15) is 0 Å². The summed E-state index contributed by atoms with van der Waals surface area (Å²) in [6.45, 7) is 4.13. The van der Waals surface area contributed by atoms with Crippen molar-refractivity contribution in [2.24, 2.45) is 0 Å². The summed E-state index contributed by atoms with van der Waals surface area (Å²) in [5.41, 5.74) is 1.13. The van der Waals surface area contributed by atoms with Gasteiger partial charge in [0.25, 0.3) is 5.91 Å². The minimum Gasteiger partial charge on any atom is -0.328 e. The molecule has 4 heteroatoms. The Morgan fingerprint density at radius 1 is 1.24 bits per heavy atom. The molecule has 1 aliphatic rings. The molecule has 0 radical (unpaired) electrons. The Balaban J connectivity index is 1.87. The third-order valence-corrected chi connectivity index (χ3v) is 5.14. The van der Waals surface area contributed by atoms with E-state index in [1.165, 1.54) is 4.88 Å². The quantitative estimate of drug-likeness (QED) is 0.770. The molecule has 1 amide bonds. The van der Waals surface area contributed by atoms with E-state index in [4.69, 9.17) is 11.6 Å². The van der Waals surface area contributed by atoms with E-state index in [-0.39, 0.29) is 11.9 Å². The fourth-order valence-corrected chi connectivity index (χ4v) is 3.53. The first-order chi connectivity index (χ1) is 10.1. The van der Waals surface area contributed by atoms with Gasteiger partial charge in [-0.15, -0.1) is 11.3 Å². The summed E-state index contributed by atoms with van der Waals surface area (Å²) in [7, 11) is 0. The van der Waals surface area contributed by atoms with E-state index >= 15 is 0 Å². The van der Waals surface area contributed by atoms with Gasteiger partial charge in [-0.05, 0) is 56.5 Å². The van der Waals surface area contributed by atoms with E-state index in [9.17, 15) is 4.79 Å². The summed E-state index contributed by atoms with van der Waals surface area (Å²) in [6, 6.07) is 12.2. The number of thiophene rings is 1. The molecule has 0 N–H and O–H groups in total. The van der Waals surface area contributed by atoms with Crippen molar-refractivity contribution in [3.63, 3.8) is 0 Å². The van der Waals surface area contributed by atoms with Crippen molar-refractivity contribution < 1.29 is 4.79 Å². The lowest BCUT2D eigenvalue weighted by Gasteiger charge is -2.29. The van der Waals surface area contributed by atoms with Crippen molar-refractivity contribution in [2.75, 3.05) is 0 Å². The Bertz CT molecular complexity index is 645. The van der Waals surface area contributed by atoms with Crippen LogP contribution < -0.4 is 0 Å². The van der Waals surface area contributed by atoms with Crippen molar-refractivity contribution in [1.82, 2.24) is 4.90 Å². The number of carbonyl (C=O) groups is 1. The lowest BCUT2D eigenvalue weighted by atomic mass is 10.1. The summed E-state index contributed by atoms with van der Waals surface area (Å²) in [4.78, 5) is 16.9. The minimum absolute atomic E-state index is 0.0738. The van der Waals surface area contributed by atoms with Crippen LogP contribution in [0.3, 0.4) is 0 Å². The molecule has 0 saturated heterocycles. The zero-order chi connectivity index (χ0) is 15.0. The minimum atomic E-state index is 0.0738. The largest absolute Gasteiger partial charge is 0.328 e. The Labute approximate surface area is 134 Å². The summed E-state index contributed by atoms with van der Waals surface area (Å²) in [5.74, 6) is 0.151. The average Bonchev–Trinajstić information content (AvgIpc) is 3.20. The number of carbonyl (C=O) groups excluding carboxylic acids is 1. The van der Waals surface area contributed by atoms with Gasteiger partial charge < -0.3 is 4.90 Å². The number of hydrogen-bond donors (Lipinski definition) is 0. The summed E-state index contributed by atoms with van der Waals surface area (Å²) in [6.07, 6.45) is 2.21. The number of rotatable bonds is 4. The topological polar surface area (TPSA) is 20.3 Å². The molecular formula is C17H18ClNOS. The standard InChI is InChI=1S/C17H18ClNOS/c1-11-3-10-16(21-11)17(20)19(15-8-9-15)12(2)13-4-6-14(18)7-5-13/h3-7,10,12,15H,8-9H2,1-2H3/t12-/m0/s1. The van der Waals surface area contributed by atoms with Crippen molar-refractivity contribution in [1.29, 1.82) is 0 Å². The third-order valence-electron chi connectivity index (χ3n) is 3.90. The second-order valence-corrected chi connectivity index (χ2v) is 7.31. The molecule has 21 heavy (non-hydrogen) atoms. The fraction of sp³-hybridized carbons (Fsp3) is 0.353. The van der Waals surface area contributed by atoms with Crippen LogP contribution in [-0.4, -0.2) is 16.8 Å². The molecule has 0 bridgehead atoms. The first-order valence-electron chi connectivity index (χ1n) is 7.21. The second kappa shape index (κ2) is 5.82. The van der Waals surface area contributed by atoms with Crippen molar-refractivity contribution in [2.45, 2.75) is 38.8 Å². The van der Waals surface area contributed by atoms with Crippen LogP contribution >= 0.6 is 22.9 Å². The van der Waals surface area contributed by atoms with Crippen LogP contribution in [0.25, 0.3) is 0 Å². The van der Waals surface area contributed by atoms with Crippen molar-refractivity contribution in [3.8, 4) is 0 Å². The number of aryl methyl sites for hydroxylation is 1. The molecular weight excluding hydrogens is 302 g/mol. The smallest absolute Gasteiger partial charge is 0.264 e. The van der Waals surface area contributed by atoms with Gasteiger partial charge in [0.15, 0.2) is 0 Å². The van der Waals surface area contributed by atoms with Crippen LogP contribution in [0.15, 0.2) is 36.4 Å². The molecule has 0 aliphatic heterocycles. The first kappa shape index (κ1) is 14.6. The number of nitrogens with zero attached hydrogens (tertiary/aromatic N) is 1. The van der Waals surface area contributed by atoms with Crippen LogP contribution in [-0.2, 0) is 0 Å². The predicted octanol–water partition coefficient (Wildman–Crippen LogP) is 5.08. The lowest BCUT2D eigenvalue weighted by Crippen LogP contribution is -2.35. The van der Waals surface area contributed by atoms with Gasteiger partial charge in [-0.3, -0.25) is 4.79 Å². The summed E-state index contributed by atoms with van der Waals surface area (Å²) in [5, 5.41) is 0.726. The lowest BCUT2D eigenvalue weighted by molar-refractivity contribution is 0.0679. The molecule has 1 fully saturated rings. The Hall–Kier alpha value is -1.32. The Morgan fingerprint density at radius 3 is 2.43 bits per heavy atom. The van der Waals surface area contributed by atoms with Gasteiger partial charge in [-0.1, -0.05) is 23.7 Å². The molecule has 0 unspecified atom stereocenters. The van der Waals surface area contributed by atoms with E-state index in [2.05, 4.69) is 6.92 Å². The second-order valence-electron chi connectivity index (χ2n) is 5.58. The molecule has 1 atom stereocenters. The maximum absolute atomic E-state index is 12.8. The molecule has 1 heterocycles.